The van der Waals surface area contributed by atoms with Gasteiger partial charge in [0.2, 0.25) is 10.0 Å². The fourth-order valence-electron chi connectivity index (χ4n) is 1.59. The van der Waals surface area contributed by atoms with Crippen LogP contribution in [0.4, 0.5) is 0 Å². The molecule has 3 N–H and O–H groups in total. The smallest absolute Gasteiger partial charge is 0.251 e. The summed E-state index contributed by atoms with van der Waals surface area (Å²) >= 11 is 0. The number of nitrogens with two attached hydrogens (primary N) is 1. The van der Waals surface area contributed by atoms with Gasteiger partial charge in [-0.2, -0.15) is 0 Å². The Hall–Kier alpha value is -1.44. The Balaban J connectivity index is 2.89. The van der Waals surface area contributed by atoms with E-state index in [-0.39, 0.29) is 16.8 Å². The van der Waals surface area contributed by atoms with Gasteiger partial charge in [-0.25, -0.2) is 12.7 Å². The summed E-state index contributed by atoms with van der Waals surface area (Å²) in [4.78, 5) is 12.1. The van der Waals surface area contributed by atoms with Crippen molar-refractivity contribution in [3.63, 3.8) is 0 Å². The first kappa shape index (κ1) is 16.6. The predicted molar refractivity (Wildman–Crippen MR) is 77.9 cm³/mol. The van der Waals surface area contributed by atoms with E-state index in [2.05, 4.69) is 5.32 Å². The van der Waals surface area contributed by atoms with Crippen molar-refractivity contribution in [1.29, 1.82) is 0 Å². The molecule has 1 unspecified atom stereocenters. The molecule has 0 saturated heterocycles. The van der Waals surface area contributed by atoms with Crippen LogP contribution in [0.1, 0.15) is 23.7 Å². The SMILES string of the molecule is CCC(CN)NC(=O)c1ccc(S(=O)(=O)N(C)C)cc1. The van der Waals surface area contributed by atoms with E-state index in [1.165, 1.54) is 38.4 Å². The van der Waals surface area contributed by atoms with Crippen LogP contribution in [0.2, 0.25) is 0 Å². The highest BCUT2D eigenvalue weighted by atomic mass is 32.2. The second kappa shape index (κ2) is 6.83. The molecule has 112 valence electrons. The Kier molecular flexibility index (Phi) is 5.67. The fourth-order valence-corrected chi connectivity index (χ4v) is 2.49. The minimum Gasteiger partial charge on any atom is -0.348 e. The van der Waals surface area contributed by atoms with Gasteiger partial charge in [-0.3, -0.25) is 4.79 Å². The fraction of sp³-hybridized carbons (Fsp3) is 0.462. The van der Waals surface area contributed by atoms with Crippen LogP contribution in [0.3, 0.4) is 0 Å². The summed E-state index contributed by atoms with van der Waals surface area (Å²) in [5, 5.41) is 2.79. The van der Waals surface area contributed by atoms with Crippen LogP contribution in [0.5, 0.6) is 0 Å². The summed E-state index contributed by atoms with van der Waals surface area (Å²) in [6.45, 7) is 2.31. The van der Waals surface area contributed by atoms with Gasteiger partial charge in [0.05, 0.1) is 4.90 Å². The van der Waals surface area contributed by atoms with Gasteiger partial charge in [0, 0.05) is 32.2 Å². The topological polar surface area (TPSA) is 92.5 Å². The van der Waals surface area contributed by atoms with Crippen LogP contribution >= 0.6 is 0 Å². The van der Waals surface area contributed by atoms with Crippen LogP contribution in [-0.2, 0) is 10.0 Å². The lowest BCUT2D eigenvalue weighted by atomic mass is 10.1. The third-order valence-electron chi connectivity index (χ3n) is 3.01. The molecule has 0 heterocycles. The maximum atomic E-state index is 11.9. The Labute approximate surface area is 120 Å². The normalized spacial score (nSPS) is 13.2. The molecular formula is C13H21N3O3S. The van der Waals surface area contributed by atoms with Crippen molar-refractivity contribution >= 4 is 15.9 Å². The van der Waals surface area contributed by atoms with Crippen molar-refractivity contribution in [3.8, 4) is 0 Å². The first-order valence-electron chi connectivity index (χ1n) is 6.36. The molecule has 1 atom stereocenters. The number of hydrogen-bond donors (Lipinski definition) is 2. The molecule has 20 heavy (non-hydrogen) atoms. The monoisotopic (exact) mass is 299 g/mol. The van der Waals surface area contributed by atoms with E-state index in [4.69, 9.17) is 5.73 Å². The Morgan fingerprint density at radius 1 is 1.30 bits per heavy atom. The molecule has 6 nitrogen and oxygen atoms in total. The average Bonchev–Trinajstić information content (AvgIpc) is 2.44. The van der Waals surface area contributed by atoms with E-state index in [1.807, 2.05) is 6.92 Å². The molecule has 0 radical (unpaired) electrons. The Morgan fingerprint density at radius 3 is 2.25 bits per heavy atom. The standard InChI is InChI=1S/C13H21N3O3S/c1-4-11(9-14)15-13(17)10-5-7-12(8-6-10)20(18,19)16(2)3/h5-8,11H,4,9,14H2,1-3H3,(H,15,17). The first-order valence-corrected chi connectivity index (χ1v) is 7.80. The van der Waals surface area contributed by atoms with E-state index in [1.54, 1.807) is 0 Å². The molecule has 0 spiro atoms. The molecule has 0 aliphatic heterocycles. The maximum absolute atomic E-state index is 11.9. The van der Waals surface area contributed by atoms with E-state index in [0.717, 1.165) is 10.7 Å². The summed E-state index contributed by atoms with van der Waals surface area (Å²) in [7, 11) is -0.547. The zero-order valence-corrected chi connectivity index (χ0v) is 12.8. The van der Waals surface area contributed by atoms with Gasteiger partial charge in [0.25, 0.3) is 5.91 Å². The Morgan fingerprint density at radius 2 is 1.85 bits per heavy atom. The lowest BCUT2D eigenvalue weighted by Gasteiger charge is -2.15. The van der Waals surface area contributed by atoms with Gasteiger partial charge in [-0.15, -0.1) is 0 Å². The third-order valence-corrected chi connectivity index (χ3v) is 4.84. The molecule has 1 aromatic carbocycles. The highest BCUT2D eigenvalue weighted by Gasteiger charge is 2.18. The van der Waals surface area contributed by atoms with Crippen molar-refractivity contribution in [2.45, 2.75) is 24.3 Å². The lowest BCUT2D eigenvalue weighted by molar-refractivity contribution is 0.0937. The van der Waals surface area contributed by atoms with Gasteiger partial charge in [-0.1, -0.05) is 6.92 Å². The van der Waals surface area contributed by atoms with Gasteiger partial charge >= 0.3 is 0 Å². The quantitative estimate of drug-likeness (QED) is 0.795. The summed E-state index contributed by atoms with van der Waals surface area (Å²) in [6, 6.07) is 5.76. The van der Waals surface area contributed by atoms with Crippen molar-refractivity contribution in [1.82, 2.24) is 9.62 Å². The number of amides is 1. The lowest BCUT2D eigenvalue weighted by Crippen LogP contribution is -2.39. The van der Waals surface area contributed by atoms with Crippen molar-refractivity contribution < 1.29 is 13.2 Å². The predicted octanol–water partition coefficient (Wildman–Crippen LogP) is 0.404. The minimum absolute atomic E-state index is 0.0762. The molecule has 0 fully saturated rings. The van der Waals surface area contributed by atoms with E-state index in [0.29, 0.717) is 12.1 Å². The molecule has 1 aromatic rings. The molecule has 1 rings (SSSR count). The number of rotatable bonds is 6. The van der Waals surface area contributed by atoms with Gasteiger partial charge < -0.3 is 11.1 Å². The second-order valence-corrected chi connectivity index (χ2v) is 6.78. The minimum atomic E-state index is -3.47. The van der Waals surface area contributed by atoms with Crippen molar-refractivity contribution in [3.05, 3.63) is 29.8 Å². The zero-order valence-electron chi connectivity index (χ0n) is 12.0. The molecule has 0 aliphatic rings. The van der Waals surface area contributed by atoms with Crippen molar-refractivity contribution in [2.75, 3.05) is 20.6 Å². The Bertz CT molecular complexity index is 549. The number of carbonyl (C=O) groups excluding carboxylic acids is 1. The number of benzene rings is 1. The third kappa shape index (κ3) is 3.78. The molecule has 1 amide bonds. The molecule has 0 bridgehead atoms. The highest BCUT2D eigenvalue weighted by Crippen LogP contribution is 2.14. The first-order chi connectivity index (χ1) is 9.32. The number of nitrogens with one attached hydrogen (secondary N) is 1. The largest absolute Gasteiger partial charge is 0.348 e. The average molecular weight is 299 g/mol. The van der Waals surface area contributed by atoms with E-state index >= 15 is 0 Å². The summed E-state index contributed by atoms with van der Waals surface area (Å²) in [5.74, 6) is -0.254. The van der Waals surface area contributed by atoms with Crippen LogP contribution in [-0.4, -0.2) is 45.3 Å². The maximum Gasteiger partial charge on any atom is 0.251 e. The number of hydrogen-bond acceptors (Lipinski definition) is 4. The van der Waals surface area contributed by atoms with Crippen LogP contribution in [0.15, 0.2) is 29.2 Å². The van der Waals surface area contributed by atoms with Crippen LogP contribution in [0.25, 0.3) is 0 Å². The molecule has 7 heteroatoms. The number of nitrogens with zero attached hydrogens (tertiary/aromatic N) is 1. The van der Waals surface area contributed by atoms with Gasteiger partial charge in [0.15, 0.2) is 0 Å². The summed E-state index contributed by atoms with van der Waals surface area (Å²) in [6.07, 6.45) is 0.745. The zero-order chi connectivity index (χ0) is 15.3. The number of sulfonamides is 1. The molecule has 0 aliphatic carbocycles. The molecular weight excluding hydrogens is 278 g/mol. The van der Waals surface area contributed by atoms with E-state index in [9.17, 15) is 13.2 Å². The van der Waals surface area contributed by atoms with Crippen LogP contribution in [0, 0.1) is 0 Å². The van der Waals surface area contributed by atoms with E-state index < -0.39 is 10.0 Å². The summed E-state index contributed by atoms with van der Waals surface area (Å²) in [5.41, 5.74) is 5.94. The van der Waals surface area contributed by atoms with Crippen LogP contribution < -0.4 is 11.1 Å². The second-order valence-electron chi connectivity index (χ2n) is 4.63. The molecule has 0 saturated carbocycles. The van der Waals surface area contributed by atoms with Crippen molar-refractivity contribution in [2.24, 2.45) is 5.73 Å². The molecule has 0 aromatic heterocycles. The number of carbonyl (C=O) groups is 1. The summed E-state index contributed by atoms with van der Waals surface area (Å²) < 4.78 is 24.9. The highest BCUT2D eigenvalue weighted by molar-refractivity contribution is 7.89. The van der Waals surface area contributed by atoms with Gasteiger partial charge in [0.1, 0.15) is 0 Å². The van der Waals surface area contributed by atoms with Gasteiger partial charge in [-0.05, 0) is 30.7 Å².